The van der Waals surface area contributed by atoms with Crippen molar-refractivity contribution in [3.8, 4) is 0 Å². The van der Waals surface area contributed by atoms with E-state index in [2.05, 4.69) is 0 Å². The molecule has 1 aliphatic heterocycles. The van der Waals surface area contributed by atoms with Crippen LogP contribution in [-0.2, 0) is 9.47 Å². The Bertz CT molecular complexity index is 573. The fourth-order valence-electron chi connectivity index (χ4n) is 3.12. The second-order valence-electron chi connectivity index (χ2n) is 7.40. The van der Waals surface area contributed by atoms with Crippen LogP contribution in [0.1, 0.15) is 45.3 Å². The van der Waals surface area contributed by atoms with Gasteiger partial charge in [0.25, 0.3) is 0 Å². The Labute approximate surface area is 148 Å². The molecule has 6 heteroatoms. The predicted octanol–water partition coefficient (Wildman–Crippen LogP) is 3.52. The lowest BCUT2D eigenvalue weighted by atomic mass is 9.88. The van der Waals surface area contributed by atoms with E-state index in [1.54, 1.807) is 11.0 Å². The third-order valence-electron chi connectivity index (χ3n) is 4.10. The molecule has 0 aliphatic carbocycles. The lowest BCUT2D eigenvalue weighted by Gasteiger charge is -2.37. The van der Waals surface area contributed by atoms with E-state index in [0.29, 0.717) is 13.1 Å². The van der Waals surface area contributed by atoms with Crippen molar-refractivity contribution in [1.29, 1.82) is 0 Å². The summed E-state index contributed by atoms with van der Waals surface area (Å²) in [6, 6.07) is 6.31. The first-order chi connectivity index (χ1) is 11.8. The molecule has 25 heavy (non-hydrogen) atoms. The summed E-state index contributed by atoms with van der Waals surface area (Å²) < 4.78 is 24.9. The highest BCUT2D eigenvalue weighted by atomic mass is 19.1. The number of carbonyl (C=O) groups is 1. The number of benzene rings is 1. The molecule has 1 fully saturated rings. The van der Waals surface area contributed by atoms with Crippen molar-refractivity contribution in [3.63, 3.8) is 0 Å². The monoisotopic (exact) mass is 353 g/mol. The van der Waals surface area contributed by atoms with Gasteiger partial charge < -0.3 is 19.5 Å². The minimum Gasteiger partial charge on any atom is -0.444 e. The van der Waals surface area contributed by atoms with Gasteiger partial charge in [-0.05, 0) is 51.3 Å². The topological polar surface area (TPSA) is 59.0 Å². The number of aliphatic hydroxyl groups is 1. The third kappa shape index (κ3) is 5.97. The molecule has 1 aromatic rings. The van der Waals surface area contributed by atoms with Gasteiger partial charge in [-0.25, -0.2) is 9.18 Å². The van der Waals surface area contributed by atoms with Gasteiger partial charge in [-0.1, -0.05) is 12.1 Å². The molecule has 0 spiro atoms. The summed E-state index contributed by atoms with van der Waals surface area (Å²) in [7, 11) is 0. The summed E-state index contributed by atoms with van der Waals surface area (Å²) in [5, 5.41) is 9.10. The third-order valence-corrected chi connectivity index (χ3v) is 4.10. The number of aliphatic hydroxyl groups excluding tert-OH is 1. The molecule has 0 aromatic heterocycles. The highest BCUT2D eigenvalue weighted by molar-refractivity contribution is 5.68. The summed E-state index contributed by atoms with van der Waals surface area (Å²) in [5.74, 6) is -0.301. The quantitative estimate of drug-likeness (QED) is 0.880. The molecule has 2 atom stereocenters. The van der Waals surface area contributed by atoms with E-state index in [1.165, 1.54) is 12.1 Å². The zero-order chi connectivity index (χ0) is 18.4. The van der Waals surface area contributed by atoms with Crippen molar-refractivity contribution < 1.29 is 23.8 Å². The molecular formula is C19H28FNO4. The second-order valence-corrected chi connectivity index (χ2v) is 7.40. The maximum Gasteiger partial charge on any atom is 0.410 e. The molecule has 1 aliphatic rings. The van der Waals surface area contributed by atoms with Crippen molar-refractivity contribution in [2.24, 2.45) is 5.92 Å². The van der Waals surface area contributed by atoms with Gasteiger partial charge in [-0.15, -0.1) is 0 Å². The number of hydrogen-bond donors (Lipinski definition) is 1. The highest BCUT2D eigenvalue weighted by Crippen LogP contribution is 2.33. The fraction of sp³-hybridized carbons (Fsp3) is 0.632. The lowest BCUT2D eigenvalue weighted by Crippen LogP contribution is -2.44. The number of ether oxygens (including phenoxy) is 2. The van der Waals surface area contributed by atoms with Gasteiger partial charge in [0.15, 0.2) is 0 Å². The molecule has 1 heterocycles. The number of amides is 1. The first-order valence-corrected chi connectivity index (χ1v) is 8.76. The Kier molecular flexibility index (Phi) is 6.79. The number of rotatable bonds is 5. The average molecular weight is 353 g/mol. The average Bonchev–Trinajstić information content (AvgIpc) is 2.54. The summed E-state index contributed by atoms with van der Waals surface area (Å²) in [6.45, 7) is 6.71. The largest absolute Gasteiger partial charge is 0.444 e. The fourth-order valence-corrected chi connectivity index (χ4v) is 3.12. The zero-order valence-corrected chi connectivity index (χ0v) is 15.2. The van der Waals surface area contributed by atoms with E-state index in [-0.39, 0.29) is 37.1 Å². The Hall–Kier alpha value is -1.66. The Morgan fingerprint density at radius 3 is 2.84 bits per heavy atom. The van der Waals surface area contributed by atoms with E-state index in [0.717, 1.165) is 18.4 Å². The predicted molar refractivity (Wildman–Crippen MR) is 92.7 cm³/mol. The summed E-state index contributed by atoms with van der Waals surface area (Å²) in [5.41, 5.74) is 0.184. The smallest absolute Gasteiger partial charge is 0.410 e. The van der Waals surface area contributed by atoms with Gasteiger partial charge in [0.05, 0.1) is 19.3 Å². The van der Waals surface area contributed by atoms with Gasteiger partial charge in [0.1, 0.15) is 11.4 Å². The molecule has 0 bridgehead atoms. The van der Waals surface area contributed by atoms with Crippen LogP contribution < -0.4 is 0 Å². The maximum absolute atomic E-state index is 13.6. The Balaban J connectivity index is 2.12. The van der Waals surface area contributed by atoms with Gasteiger partial charge >= 0.3 is 6.09 Å². The van der Waals surface area contributed by atoms with Crippen molar-refractivity contribution in [1.82, 2.24) is 4.90 Å². The van der Waals surface area contributed by atoms with Crippen LogP contribution in [0.3, 0.4) is 0 Å². The molecule has 1 N–H and O–H groups in total. The van der Waals surface area contributed by atoms with Crippen LogP contribution in [-0.4, -0.2) is 48.0 Å². The minimum absolute atomic E-state index is 0.0228. The van der Waals surface area contributed by atoms with Crippen LogP contribution in [0, 0.1) is 11.7 Å². The zero-order valence-electron chi connectivity index (χ0n) is 15.2. The molecule has 1 amide bonds. The van der Waals surface area contributed by atoms with Gasteiger partial charge in [0, 0.05) is 19.0 Å². The number of halogens is 1. The minimum atomic E-state index is -0.542. The normalized spacial score (nSPS) is 19.6. The highest BCUT2D eigenvalue weighted by Gasteiger charge is 2.33. The number of hydrogen-bond acceptors (Lipinski definition) is 4. The van der Waals surface area contributed by atoms with Crippen LogP contribution in [0.2, 0.25) is 0 Å². The number of nitrogens with zero attached hydrogens (tertiary/aromatic N) is 1. The lowest BCUT2D eigenvalue weighted by molar-refractivity contribution is -0.0349. The van der Waals surface area contributed by atoms with Gasteiger partial charge in [-0.2, -0.15) is 0 Å². The van der Waals surface area contributed by atoms with Gasteiger partial charge in [0.2, 0.25) is 0 Å². The van der Waals surface area contributed by atoms with E-state index in [1.807, 2.05) is 26.8 Å². The van der Waals surface area contributed by atoms with E-state index in [9.17, 15) is 9.18 Å². The van der Waals surface area contributed by atoms with Crippen LogP contribution >= 0.6 is 0 Å². The summed E-state index contributed by atoms with van der Waals surface area (Å²) in [4.78, 5) is 14.0. The van der Waals surface area contributed by atoms with Crippen molar-refractivity contribution in [3.05, 3.63) is 35.6 Å². The number of likely N-dealkylation sites (tertiary alicyclic amines) is 1. The first kappa shape index (κ1) is 19.7. The van der Waals surface area contributed by atoms with Crippen LogP contribution in [0.4, 0.5) is 9.18 Å². The molecule has 140 valence electrons. The molecule has 1 saturated heterocycles. The second kappa shape index (κ2) is 8.63. The first-order valence-electron chi connectivity index (χ1n) is 8.76. The molecule has 0 saturated carbocycles. The van der Waals surface area contributed by atoms with Crippen molar-refractivity contribution in [2.45, 2.75) is 45.3 Å². The Morgan fingerprint density at radius 1 is 1.44 bits per heavy atom. The van der Waals surface area contributed by atoms with Crippen molar-refractivity contribution >= 4 is 6.09 Å². The molecule has 5 nitrogen and oxygen atoms in total. The molecule has 2 rings (SSSR count). The SMILES string of the molecule is CC(C)(C)OC(=O)N1CCCC([C@@H](OCCO)c2cccc(F)c2)C1. The summed E-state index contributed by atoms with van der Waals surface area (Å²) >= 11 is 0. The molecule has 1 unspecified atom stereocenters. The summed E-state index contributed by atoms with van der Waals surface area (Å²) in [6.07, 6.45) is 0.995. The van der Waals surface area contributed by atoms with E-state index >= 15 is 0 Å². The maximum atomic E-state index is 13.6. The Morgan fingerprint density at radius 2 is 2.20 bits per heavy atom. The molecule has 0 radical (unpaired) electrons. The number of piperidine rings is 1. The van der Waals surface area contributed by atoms with E-state index < -0.39 is 5.60 Å². The van der Waals surface area contributed by atoms with Crippen LogP contribution in [0.15, 0.2) is 24.3 Å². The van der Waals surface area contributed by atoms with Crippen LogP contribution in [0.25, 0.3) is 0 Å². The number of carbonyl (C=O) groups excluding carboxylic acids is 1. The van der Waals surface area contributed by atoms with Crippen LogP contribution in [0.5, 0.6) is 0 Å². The van der Waals surface area contributed by atoms with E-state index in [4.69, 9.17) is 14.6 Å². The molecular weight excluding hydrogens is 325 g/mol. The molecule has 1 aromatic carbocycles. The van der Waals surface area contributed by atoms with Crippen molar-refractivity contribution in [2.75, 3.05) is 26.3 Å². The standard InChI is InChI=1S/C19H28FNO4/c1-19(2,3)25-18(23)21-9-5-7-15(13-21)17(24-11-10-22)14-6-4-8-16(20)12-14/h4,6,8,12,15,17,22H,5,7,9-11,13H2,1-3H3/t15?,17-/m0/s1. The van der Waals surface area contributed by atoms with Gasteiger partial charge in [-0.3, -0.25) is 0 Å².